The Morgan fingerprint density at radius 1 is 1.17 bits per heavy atom. The van der Waals surface area contributed by atoms with Gasteiger partial charge in [-0.15, -0.1) is 11.3 Å². The SMILES string of the molecule is Cc1ccc2cc(-c3nc(CN)cs3)ccc2n1. The van der Waals surface area contributed by atoms with Crippen molar-refractivity contribution in [1.82, 2.24) is 9.97 Å². The molecule has 0 radical (unpaired) electrons. The number of thiazole rings is 1. The van der Waals surface area contributed by atoms with Crippen LogP contribution in [-0.4, -0.2) is 9.97 Å². The van der Waals surface area contributed by atoms with Crippen LogP contribution in [-0.2, 0) is 6.54 Å². The molecule has 3 aromatic rings. The Morgan fingerprint density at radius 2 is 2.06 bits per heavy atom. The number of nitrogens with zero attached hydrogens (tertiary/aromatic N) is 2. The van der Waals surface area contributed by atoms with Crippen molar-refractivity contribution in [1.29, 1.82) is 0 Å². The molecule has 4 heteroatoms. The second-order valence-corrected chi connectivity index (χ2v) is 5.07. The van der Waals surface area contributed by atoms with Gasteiger partial charge in [0.05, 0.1) is 11.2 Å². The lowest BCUT2D eigenvalue weighted by molar-refractivity contribution is 1.01. The number of rotatable bonds is 2. The Bertz CT molecular complexity index is 703. The van der Waals surface area contributed by atoms with E-state index in [9.17, 15) is 0 Å². The van der Waals surface area contributed by atoms with E-state index in [1.807, 2.05) is 24.4 Å². The van der Waals surface area contributed by atoms with Crippen LogP contribution < -0.4 is 5.73 Å². The van der Waals surface area contributed by atoms with Gasteiger partial charge in [-0.2, -0.15) is 0 Å². The summed E-state index contributed by atoms with van der Waals surface area (Å²) < 4.78 is 0. The van der Waals surface area contributed by atoms with Crippen molar-refractivity contribution < 1.29 is 0 Å². The summed E-state index contributed by atoms with van der Waals surface area (Å²) in [6.45, 7) is 2.49. The molecule has 0 bridgehead atoms. The van der Waals surface area contributed by atoms with Crippen molar-refractivity contribution in [3.63, 3.8) is 0 Å². The molecule has 1 aromatic carbocycles. The second kappa shape index (κ2) is 4.48. The number of hydrogen-bond acceptors (Lipinski definition) is 4. The molecule has 0 unspecified atom stereocenters. The van der Waals surface area contributed by atoms with Crippen LogP contribution >= 0.6 is 11.3 Å². The number of nitrogens with two attached hydrogens (primary N) is 1. The Kier molecular flexibility index (Phi) is 2.81. The van der Waals surface area contributed by atoms with E-state index in [0.29, 0.717) is 6.54 Å². The Labute approximate surface area is 109 Å². The lowest BCUT2D eigenvalue weighted by atomic mass is 10.1. The molecule has 0 aliphatic carbocycles. The predicted molar refractivity (Wildman–Crippen MR) is 75.5 cm³/mol. The van der Waals surface area contributed by atoms with Crippen LogP contribution in [0.3, 0.4) is 0 Å². The molecule has 3 rings (SSSR count). The van der Waals surface area contributed by atoms with Crippen molar-refractivity contribution in [3.05, 3.63) is 47.1 Å². The number of aryl methyl sites for hydroxylation is 1. The summed E-state index contributed by atoms with van der Waals surface area (Å²) in [5.41, 5.74) is 9.71. The van der Waals surface area contributed by atoms with Gasteiger partial charge in [0.2, 0.25) is 0 Å². The quantitative estimate of drug-likeness (QED) is 0.765. The van der Waals surface area contributed by atoms with Crippen LogP contribution in [0.15, 0.2) is 35.7 Å². The number of hydrogen-bond donors (Lipinski definition) is 1. The number of pyridine rings is 1. The first-order valence-corrected chi connectivity index (χ1v) is 6.66. The van der Waals surface area contributed by atoms with Crippen molar-refractivity contribution in [3.8, 4) is 10.6 Å². The van der Waals surface area contributed by atoms with Crippen LogP contribution in [0.5, 0.6) is 0 Å². The first-order chi connectivity index (χ1) is 8.76. The molecule has 0 spiro atoms. The maximum atomic E-state index is 5.58. The molecular weight excluding hydrogens is 242 g/mol. The second-order valence-electron chi connectivity index (χ2n) is 4.21. The molecule has 0 saturated heterocycles. The fraction of sp³-hybridized carbons (Fsp3) is 0.143. The molecule has 0 atom stereocenters. The fourth-order valence-electron chi connectivity index (χ4n) is 1.89. The highest BCUT2D eigenvalue weighted by Gasteiger charge is 2.05. The largest absolute Gasteiger partial charge is 0.325 e. The normalized spacial score (nSPS) is 11.0. The van der Waals surface area contributed by atoms with Crippen molar-refractivity contribution in [2.75, 3.05) is 0 Å². The van der Waals surface area contributed by atoms with E-state index in [1.165, 1.54) is 0 Å². The summed E-state index contributed by atoms with van der Waals surface area (Å²) in [6.07, 6.45) is 0. The lowest BCUT2D eigenvalue weighted by Gasteiger charge is -2.01. The predicted octanol–water partition coefficient (Wildman–Crippen LogP) is 3.13. The van der Waals surface area contributed by atoms with Crippen LogP contribution in [0.4, 0.5) is 0 Å². The van der Waals surface area contributed by atoms with E-state index in [1.54, 1.807) is 11.3 Å². The molecule has 2 aromatic heterocycles. The maximum Gasteiger partial charge on any atom is 0.123 e. The van der Waals surface area contributed by atoms with E-state index in [4.69, 9.17) is 5.73 Å². The number of fused-ring (bicyclic) bond motifs is 1. The monoisotopic (exact) mass is 255 g/mol. The molecule has 0 fully saturated rings. The topological polar surface area (TPSA) is 51.8 Å². The average molecular weight is 255 g/mol. The van der Waals surface area contributed by atoms with Gasteiger partial charge in [-0.05, 0) is 31.2 Å². The highest BCUT2D eigenvalue weighted by molar-refractivity contribution is 7.13. The summed E-state index contributed by atoms with van der Waals surface area (Å²) in [7, 11) is 0. The molecule has 90 valence electrons. The van der Waals surface area contributed by atoms with E-state index in [-0.39, 0.29) is 0 Å². The summed E-state index contributed by atoms with van der Waals surface area (Å²) in [6, 6.07) is 10.4. The highest BCUT2D eigenvalue weighted by atomic mass is 32.1. The third-order valence-corrected chi connectivity index (χ3v) is 3.78. The maximum absolute atomic E-state index is 5.58. The van der Waals surface area contributed by atoms with E-state index >= 15 is 0 Å². The van der Waals surface area contributed by atoms with Gasteiger partial charge in [0, 0.05) is 28.6 Å². The van der Waals surface area contributed by atoms with Crippen LogP contribution in [0.1, 0.15) is 11.4 Å². The summed E-state index contributed by atoms with van der Waals surface area (Å²) in [5, 5.41) is 4.16. The summed E-state index contributed by atoms with van der Waals surface area (Å²) in [5.74, 6) is 0. The molecule has 0 aliphatic heterocycles. The van der Waals surface area contributed by atoms with Gasteiger partial charge in [0.25, 0.3) is 0 Å². The van der Waals surface area contributed by atoms with E-state index in [0.717, 1.165) is 32.9 Å². The standard InChI is InChI=1S/C14H13N3S/c1-9-2-3-10-6-11(4-5-13(10)16-9)14-17-12(7-15)8-18-14/h2-6,8H,7,15H2,1H3. The number of aromatic nitrogens is 2. The summed E-state index contributed by atoms with van der Waals surface area (Å²) in [4.78, 5) is 8.99. The van der Waals surface area contributed by atoms with Gasteiger partial charge in [-0.3, -0.25) is 4.98 Å². The number of benzene rings is 1. The van der Waals surface area contributed by atoms with Crippen molar-refractivity contribution in [2.24, 2.45) is 5.73 Å². The zero-order chi connectivity index (χ0) is 12.5. The Balaban J connectivity index is 2.10. The van der Waals surface area contributed by atoms with E-state index in [2.05, 4.69) is 28.2 Å². The molecule has 2 N–H and O–H groups in total. The molecule has 0 saturated carbocycles. The molecule has 0 aliphatic rings. The average Bonchev–Trinajstić information content (AvgIpc) is 2.87. The molecule has 2 heterocycles. The molecule has 0 amide bonds. The minimum atomic E-state index is 0.491. The first kappa shape index (κ1) is 11.3. The van der Waals surface area contributed by atoms with Gasteiger partial charge in [-0.25, -0.2) is 4.98 Å². The Morgan fingerprint density at radius 3 is 2.83 bits per heavy atom. The first-order valence-electron chi connectivity index (χ1n) is 5.78. The van der Waals surface area contributed by atoms with Gasteiger partial charge in [-0.1, -0.05) is 6.07 Å². The fourth-order valence-corrected chi connectivity index (χ4v) is 2.72. The summed E-state index contributed by atoms with van der Waals surface area (Å²) >= 11 is 1.63. The van der Waals surface area contributed by atoms with E-state index < -0.39 is 0 Å². The van der Waals surface area contributed by atoms with Gasteiger partial charge in [0.1, 0.15) is 5.01 Å². The van der Waals surface area contributed by atoms with Gasteiger partial charge < -0.3 is 5.73 Å². The Hall–Kier alpha value is -1.78. The zero-order valence-electron chi connectivity index (χ0n) is 10.1. The van der Waals surface area contributed by atoms with Crippen LogP contribution in [0, 0.1) is 6.92 Å². The zero-order valence-corrected chi connectivity index (χ0v) is 10.9. The minimum absolute atomic E-state index is 0.491. The van der Waals surface area contributed by atoms with Gasteiger partial charge in [0.15, 0.2) is 0 Å². The third kappa shape index (κ3) is 2.00. The van der Waals surface area contributed by atoms with Crippen LogP contribution in [0.25, 0.3) is 21.5 Å². The smallest absolute Gasteiger partial charge is 0.123 e. The third-order valence-electron chi connectivity index (χ3n) is 2.84. The molecule has 18 heavy (non-hydrogen) atoms. The van der Waals surface area contributed by atoms with Crippen molar-refractivity contribution >= 4 is 22.2 Å². The molecule has 3 nitrogen and oxygen atoms in total. The van der Waals surface area contributed by atoms with Gasteiger partial charge >= 0.3 is 0 Å². The molecular formula is C14H13N3S. The highest BCUT2D eigenvalue weighted by Crippen LogP contribution is 2.26. The minimum Gasteiger partial charge on any atom is -0.325 e. The van der Waals surface area contributed by atoms with Crippen molar-refractivity contribution in [2.45, 2.75) is 13.5 Å². The van der Waals surface area contributed by atoms with Crippen LogP contribution in [0.2, 0.25) is 0 Å². The lowest BCUT2D eigenvalue weighted by Crippen LogP contribution is -1.95.